The summed E-state index contributed by atoms with van der Waals surface area (Å²) in [6.07, 6.45) is 0.434. The number of hydrogen-bond acceptors (Lipinski definition) is 2. The van der Waals surface area contributed by atoms with Crippen LogP contribution in [-0.2, 0) is 16.1 Å². The average molecular weight is 286 g/mol. The number of methoxy groups -OCH3 is 1. The summed E-state index contributed by atoms with van der Waals surface area (Å²) in [5.74, 6) is 0.102. The van der Waals surface area contributed by atoms with Crippen LogP contribution in [-0.4, -0.2) is 31.6 Å². The number of benzene rings is 1. The molecule has 0 unspecified atom stereocenters. The van der Waals surface area contributed by atoms with E-state index >= 15 is 0 Å². The Kier molecular flexibility index (Phi) is 5.49. The highest BCUT2D eigenvalue weighted by atomic mass is 79.9. The maximum absolute atomic E-state index is 11.6. The molecule has 0 heterocycles. The number of halogens is 1. The molecule has 1 aromatic rings. The first-order valence-corrected chi connectivity index (χ1v) is 5.90. The third kappa shape index (κ3) is 4.33. The van der Waals surface area contributed by atoms with Gasteiger partial charge in [-0.1, -0.05) is 28.1 Å². The number of carbonyl (C=O) groups excluding carboxylic acids is 1. The minimum atomic E-state index is 0.102. The molecule has 1 rings (SSSR count). The lowest BCUT2D eigenvalue weighted by molar-refractivity contribution is -0.131. The first-order valence-electron chi connectivity index (χ1n) is 5.11. The molecule has 1 amide bonds. The predicted molar refractivity (Wildman–Crippen MR) is 67.1 cm³/mol. The third-order valence-electron chi connectivity index (χ3n) is 2.28. The quantitative estimate of drug-likeness (QED) is 0.832. The minimum absolute atomic E-state index is 0.102. The Hall–Kier alpha value is -0.870. The average Bonchev–Trinajstić information content (AvgIpc) is 2.29. The van der Waals surface area contributed by atoms with Crippen LogP contribution in [0, 0.1) is 0 Å². The van der Waals surface area contributed by atoms with Gasteiger partial charge in [-0.15, -0.1) is 0 Å². The van der Waals surface area contributed by atoms with Gasteiger partial charge in [-0.05, 0) is 17.7 Å². The first-order chi connectivity index (χ1) is 7.63. The number of hydrogen-bond donors (Lipinski definition) is 0. The zero-order valence-corrected chi connectivity index (χ0v) is 11.2. The molecule has 0 N–H and O–H groups in total. The molecule has 0 aliphatic rings. The van der Waals surface area contributed by atoms with Gasteiger partial charge in [-0.25, -0.2) is 0 Å². The molecular formula is C12H16BrNO2. The van der Waals surface area contributed by atoms with Crippen LogP contribution in [0.5, 0.6) is 0 Å². The van der Waals surface area contributed by atoms with E-state index in [2.05, 4.69) is 15.9 Å². The van der Waals surface area contributed by atoms with Crippen molar-refractivity contribution in [3.63, 3.8) is 0 Å². The smallest absolute Gasteiger partial charge is 0.224 e. The Balaban J connectivity index is 2.47. The second kappa shape index (κ2) is 6.66. The highest BCUT2D eigenvalue weighted by Crippen LogP contribution is 2.12. The third-order valence-corrected chi connectivity index (χ3v) is 2.81. The first kappa shape index (κ1) is 13.2. The molecular weight excluding hydrogens is 270 g/mol. The monoisotopic (exact) mass is 285 g/mol. The lowest BCUT2D eigenvalue weighted by atomic mass is 10.2. The molecule has 0 aliphatic carbocycles. The Labute approximate surface area is 105 Å². The highest BCUT2D eigenvalue weighted by molar-refractivity contribution is 9.10. The van der Waals surface area contributed by atoms with Crippen LogP contribution < -0.4 is 0 Å². The number of carbonyl (C=O) groups is 1. The van der Waals surface area contributed by atoms with Crippen molar-refractivity contribution in [3.05, 3.63) is 34.3 Å². The van der Waals surface area contributed by atoms with Gasteiger partial charge >= 0.3 is 0 Å². The predicted octanol–water partition coefficient (Wildman–Crippen LogP) is 2.44. The molecule has 4 heteroatoms. The molecule has 1 aromatic carbocycles. The molecule has 0 aliphatic heterocycles. The van der Waals surface area contributed by atoms with E-state index in [0.29, 0.717) is 19.6 Å². The van der Waals surface area contributed by atoms with E-state index in [-0.39, 0.29) is 5.91 Å². The summed E-state index contributed by atoms with van der Waals surface area (Å²) >= 11 is 3.38. The van der Waals surface area contributed by atoms with Crippen molar-refractivity contribution in [2.24, 2.45) is 0 Å². The van der Waals surface area contributed by atoms with Crippen LogP contribution in [0.2, 0.25) is 0 Å². The van der Waals surface area contributed by atoms with Gasteiger partial charge in [0.15, 0.2) is 0 Å². The van der Waals surface area contributed by atoms with E-state index in [9.17, 15) is 4.79 Å². The molecule has 0 radical (unpaired) electrons. The number of nitrogens with zero attached hydrogens (tertiary/aromatic N) is 1. The normalized spacial score (nSPS) is 10.2. The summed E-state index contributed by atoms with van der Waals surface area (Å²) < 4.78 is 5.92. The van der Waals surface area contributed by atoms with E-state index in [0.717, 1.165) is 10.0 Å². The van der Waals surface area contributed by atoms with Gasteiger partial charge in [0.25, 0.3) is 0 Å². The molecule has 0 aromatic heterocycles. The van der Waals surface area contributed by atoms with Gasteiger partial charge in [-0.2, -0.15) is 0 Å². The van der Waals surface area contributed by atoms with Crippen LogP contribution in [0.25, 0.3) is 0 Å². The number of ether oxygens (including phenoxy) is 1. The summed E-state index contributed by atoms with van der Waals surface area (Å²) in [6.45, 7) is 1.11. The molecule has 0 fully saturated rings. The van der Waals surface area contributed by atoms with E-state index in [1.165, 1.54) is 0 Å². The lowest BCUT2D eigenvalue weighted by Gasteiger charge is -2.17. The Morgan fingerprint density at radius 3 is 2.56 bits per heavy atom. The summed E-state index contributed by atoms with van der Waals surface area (Å²) in [5, 5.41) is 0. The SMILES string of the molecule is COCCC(=O)N(C)Cc1ccc(Br)cc1. The minimum Gasteiger partial charge on any atom is -0.384 e. The van der Waals surface area contributed by atoms with Crippen LogP contribution >= 0.6 is 15.9 Å². The van der Waals surface area contributed by atoms with Crippen molar-refractivity contribution >= 4 is 21.8 Å². The Bertz CT molecular complexity index is 337. The molecule has 0 bridgehead atoms. The van der Waals surface area contributed by atoms with Crippen molar-refractivity contribution in [2.75, 3.05) is 20.8 Å². The summed E-state index contributed by atoms with van der Waals surface area (Å²) in [5.41, 5.74) is 1.12. The van der Waals surface area contributed by atoms with Gasteiger partial charge < -0.3 is 9.64 Å². The van der Waals surface area contributed by atoms with Crippen LogP contribution in [0.3, 0.4) is 0 Å². The molecule has 0 spiro atoms. The van der Waals surface area contributed by atoms with Gasteiger partial charge in [0, 0.05) is 25.2 Å². The van der Waals surface area contributed by atoms with E-state index in [1.54, 1.807) is 19.1 Å². The van der Waals surface area contributed by atoms with Gasteiger partial charge in [0.1, 0.15) is 0 Å². The summed E-state index contributed by atoms with van der Waals surface area (Å²) in [7, 11) is 3.40. The molecule has 0 atom stereocenters. The fourth-order valence-corrected chi connectivity index (χ4v) is 1.60. The van der Waals surface area contributed by atoms with Crippen LogP contribution in [0.1, 0.15) is 12.0 Å². The van der Waals surface area contributed by atoms with Crippen molar-refractivity contribution in [2.45, 2.75) is 13.0 Å². The van der Waals surface area contributed by atoms with Gasteiger partial charge in [0.2, 0.25) is 5.91 Å². The largest absolute Gasteiger partial charge is 0.384 e. The topological polar surface area (TPSA) is 29.5 Å². The fourth-order valence-electron chi connectivity index (χ4n) is 1.33. The number of amides is 1. The van der Waals surface area contributed by atoms with Crippen LogP contribution in [0.15, 0.2) is 28.7 Å². The molecule has 0 saturated carbocycles. The van der Waals surface area contributed by atoms with E-state index < -0.39 is 0 Å². The van der Waals surface area contributed by atoms with Gasteiger partial charge in [-0.3, -0.25) is 4.79 Å². The maximum atomic E-state index is 11.6. The maximum Gasteiger partial charge on any atom is 0.224 e. The number of rotatable bonds is 5. The molecule has 0 saturated heterocycles. The molecule has 88 valence electrons. The summed E-state index contributed by atoms with van der Waals surface area (Å²) in [6, 6.07) is 7.96. The fraction of sp³-hybridized carbons (Fsp3) is 0.417. The second-order valence-corrected chi connectivity index (χ2v) is 4.53. The van der Waals surface area contributed by atoms with E-state index in [1.807, 2.05) is 24.3 Å². The van der Waals surface area contributed by atoms with Crippen molar-refractivity contribution in [1.82, 2.24) is 4.90 Å². The van der Waals surface area contributed by atoms with Crippen LogP contribution in [0.4, 0.5) is 0 Å². The highest BCUT2D eigenvalue weighted by Gasteiger charge is 2.08. The van der Waals surface area contributed by atoms with Gasteiger partial charge in [0.05, 0.1) is 13.0 Å². The van der Waals surface area contributed by atoms with Crippen molar-refractivity contribution < 1.29 is 9.53 Å². The summed E-state index contributed by atoms with van der Waals surface area (Å²) in [4.78, 5) is 13.3. The second-order valence-electron chi connectivity index (χ2n) is 3.62. The Morgan fingerprint density at radius 2 is 2.00 bits per heavy atom. The Morgan fingerprint density at radius 1 is 1.38 bits per heavy atom. The van der Waals surface area contributed by atoms with Crippen molar-refractivity contribution in [1.29, 1.82) is 0 Å². The standard InChI is InChI=1S/C12H16BrNO2/c1-14(12(15)7-8-16-2)9-10-3-5-11(13)6-4-10/h3-6H,7-9H2,1-2H3. The molecule has 16 heavy (non-hydrogen) atoms. The molecule has 3 nitrogen and oxygen atoms in total. The van der Waals surface area contributed by atoms with E-state index in [4.69, 9.17) is 4.74 Å². The zero-order valence-electron chi connectivity index (χ0n) is 9.57. The lowest BCUT2D eigenvalue weighted by Crippen LogP contribution is -2.26. The van der Waals surface area contributed by atoms with Crippen molar-refractivity contribution in [3.8, 4) is 0 Å². The zero-order chi connectivity index (χ0) is 12.0.